The van der Waals surface area contributed by atoms with Crippen LogP contribution in [0.5, 0.6) is 0 Å². The number of aromatic nitrogens is 2. The molecule has 1 heterocycles. The highest BCUT2D eigenvalue weighted by Gasteiger charge is 2.12. The molecule has 0 spiro atoms. The topological polar surface area (TPSA) is 42.9 Å². The molecule has 0 aliphatic carbocycles. The molecule has 0 fully saturated rings. The zero-order valence-electron chi connectivity index (χ0n) is 9.03. The summed E-state index contributed by atoms with van der Waals surface area (Å²) in [4.78, 5) is 19.8. The van der Waals surface area contributed by atoms with E-state index in [2.05, 4.69) is 25.9 Å². The van der Waals surface area contributed by atoms with E-state index in [0.29, 0.717) is 11.2 Å². The summed E-state index contributed by atoms with van der Waals surface area (Å²) in [6, 6.07) is 2.99. The Labute approximate surface area is 110 Å². The van der Waals surface area contributed by atoms with Gasteiger partial charge in [0.15, 0.2) is 17.4 Å². The summed E-state index contributed by atoms with van der Waals surface area (Å²) in [6.45, 7) is 0. The summed E-state index contributed by atoms with van der Waals surface area (Å²) >= 11 is 3.18. The molecule has 1 aromatic heterocycles. The number of ketones is 1. The van der Waals surface area contributed by atoms with Crippen LogP contribution in [0.1, 0.15) is 21.7 Å². The zero-order valence-corrected chi connectivity index (χ0v) is 10.6. The van der Waals surface area contributed by atoms with E-state index in [1.807, 2.05) is 0 Å². The average Bonchev–Trinajstić information content (AvgIpc) is 2.41. The van der Waals surface area contributed by atoms with Crippen molar-refractivity contribution in [2.45, 2.75) is 5.33 Å². The summed E-state index contributed by atoms with van der Waals surface area (Å²) in [5.41, 5.74) is 0.287. The Hall–Kier alpha value is -1.69. The Morgan fingerprint density at radius 2 is 1.78 bits per heavy atom. The highest BCUT2D eigenvalue weighted by atomic mass is 79.9. The van der Waals surface area contributed by atoms with Crippen LogP contribution in [0.2, 0.25) is 0 Å². The van der Waals surface area contributed by atoms with Gasteiger partial charge < -0.3 is 0 Å². The van der Waals surface area contributed by atoms with Crippen molar-refractivity contribution in [2.75, 3.05) is 0 Å². The van der Waals surface area contributed by atoms with Crippen LogP contribution in [0.15, 0.2) is 30.6 Å². The lowest BCUT2D eigenvalue weighted by atomic mass is 10.1. The van der Waals surface area contributed by atoms with Crippen LogP contribution in [0.4, 0.5) is 8.78 Å². The maximum absolute atomic E-state index is 13.0. The predicted molar refractivity (Wildman–Crippen MR) is 64.5 cm³/mol. The number of alkyl halides is 1. The lowest BCUT2D eigenvalue weighted by Gasteiger charge is -2.02. The highest BCUT2D eigenvalue weighted by Crippen LogP contribution is 2.13. The molecule has 18 heavy (non-hydrogen) atoms. The number of benzene rings is 1. The van der Waals surface area contributed by atoms with Crippen molar-refractivity contribution in [1.82, 2.24) is 9.97 Å². The molecule has 0 unspecified atom stereocenters. The van der Waals surface area contributed by atoms with Gasteiger partial charge in [0.2, 0.25) is 0 Å². The van der Waals surface area contributed by atoms with Crippen molar-refractivity contribution >= 4 is 21.7 Å². The number of halogens is 3. The van der Waals surface area contributed by atoms with Crippen molar-refractivity contribution in [3.05, 3.63) is 59.2 Å². The third-order valence-electron chi connectivity index (χ3n) is 2.27. The minimum absolute atomic E-state index is 0.0593. The van der Waals surface area contributed by atoms with Gasteiger partial charge in [0, 0.05) is 18.0 Å². The molecule has 2 rings (SSSR count). The first-order chi connectivity index (χ1) is 8.61. The first kappa shape index (κ1) is 12.8. The number of nitrogens with zero attached hydrogens (tertiary/aromatic N) is 2. The van der Waals surface area contributed by atoms with E-state index in [1.165, 1.54) is 18.5 Å². The number of carbonyl (C=O) groups excluding carboxylic acids is 1. The quantitative estimate of drug-likeness (QED) is 0.646. The van der Waals surface area contributed by atoms with Crippen molar-refractivity contribution in [3.63, 3.8) is 0 Å². The number of hydrogen-bond donors (Lipinski definition) is 0. The lowest BCUT2D eigenvalue weighted by Crippen LogP contribution is -2.05. The summed E-state index contributed by atoms with van der Waals surface area (Å²) in [7, 11) is 0. The number of rotatable bonds is 3. The molecule has 6 heteroatoms. The van der Waals surface area contributed by atoms with Crippen molar-refractivity contribution < 1.29 is 13.6 Å². The van der Waals surface area contributed by atoms with Crippen molar-refractivity contribution in [3.8, 4) is 0 Å². The van der Waals surface area contributed by atoms with E-state index in [4.69, 9.17) is 0 Å². The molecule has 3 nitrogen and oxygen atoms in total. The van der Waals surface area contributed by atoms with E-state index >= 15 is 0 Å². The second kappa shape index (κ2) is 5.30. The molecule has 2 aromatic rings. The van der Waals surface area contributed by atoms with Gasteiger partial charge in [0.05, 0.1) is 10.9 Å². The smallest absolute Gasteiger partial charge is 0.196 e. The molecule has 0 saturated heterocycles. The van der Waals surface area contributed by atoms with Gasteiger partial charge in [-0.1, -0.05) is 15.9 Å². The van der Waals surface area contributed by atoms with Crippen LogP contribution in [-0.4, -0.2) is 15.8 Å². The molecule has 0 bridgehead atoms. The second-order valence-electron chi connectivity index (χ2n) is 3.48. The minimum atomic E-state index is -1.06. The van der Waals surface area contributed by atoms with Crippen LogP contribution >= 0.6 is 15.9 Å². The van der Waals surface area contributed by atoms with Crippen LogP contribution in [-0.2, 0) is 5.33 Å². The fourth-order valence-electron chi connectivity index (χ4n) is 1.35. The molecule has 0 amide bonds. The molecule has 1 aromatic carbocycles. The number of hydrogen-bond acceptors (Lipinski definition) is 3. The minimum Gasteiger partial charge on any atom is -0.288 e. The normalized spacial score (nSPS) is 10.4. The van der Waals surface area contributed by atoms with Gasteiger partial charge in [-0.05, 0) is 18.2 Å². The average molecular weight is 313 g/mol. The monoisotopic (exact) mass is 312 g/mol. The van der Waals surface area contributed by atoms with Gasteiger partial charge in [-0.25, -0.2) is 18.7 Å². The molecule has 92 valence electrons. The van der Waals surface area contributed by atoms with Gasteiger partial charge >= 0.3 is 0 Å². The largest absolute Gasteiger partial charge is 0.288 e. The Morgan fingerprint density at radius 3 is 2.33 bits per heavy atom. The van der Waals surface area contributed by atoms with Crippen LogP contribution in [0.25, 0.3) is 0 Å². The standard InChI is InChI=1S/C12H7BrF2N2O/c13-4-11-16-5-8(6-17-11)12(18)7-1-2-9(14)10(15)3-7/h1-3,5-6H,4H2. The Balaban J connectivity index is 2.32. The lowest BCUT2D eigenvalue weighted by molar-refractivity contribution is 0.103. The molecule has 0 atom stereocenters. The van der Waals surface area contributed by atoms with Gasteiger partial charge in [-0.3, -0.25) is 4.79 Å². The fraction of sp³-hybridized carbons (Fsp3) is 0.0833. The molecule has 0 aliphatic rings. The Morgan fingerprint density at radius 1 is 1.11 bits per heavy atom. The van der Waals surface area contributed by atoms with E-state index in [0.717, 1.165) is 12.1 Å². The van der Waals surface area contributed by atoms with Gasteiger partial charge in [-0.2, -0.15) is 0 Å². The molecule has 0 aliphatic heterocycles. The summed E-state index contributed by atoms with van der Waals surface area (Å²) in [5, 5.41) is 0.479. The summed E-state index contributed by atoms with van der Waals surface area (Å²) in [5.74, 6) is -1.96. The van der Waals surface area contributed by atoms with E-state index in [1.54, 1.807) is 0 Å². The third-order valence-corrected chi connectivity index (χ3v) is 2.77. The van der Waals surface area contributed by atoms with E-state index in [9.17, 15) is 13.6 Å². The van der Waals surface area contributed by atoms with Crippen LogP contribution < -0.4 is 0 Å². The number of carbonyl (C=O) groups is 1. The first-order valence-corrected chi connectivity index (χ1v) is 6.10. The molecular weight excluding hydrogens is 306 g/mol. The Bertz CT molecular complexity index is 587. The van der Waals surface area contributed by atoms with E-state index < -0.39 is 17.4 Å². The Kier molecular flexibility index (Phi) is 3.76. The van der Waals surface area contributed by atoms with Gasteiger partial charge in [-0.15, -0.1) is 0 Å². The van der Waals surface area contributed by atoms with Gasteiger partial charge in [0.25, 0.3) is 0 Å². The van der Waals surface area contributed by atoms with Crippen molar-refractivity contribution in [1.29, 1.82) is 0 Å². The summed E-state index contributed by atoms with van der Waals surface area (Å²) < 4.78 is 25.8. The van der Waals surface area contributed by atoms with E-state index in [-0.39, 0.29) is 11.1 Å². The predicted octanol–water partition coefficient (Wildman–Crippen LogP) is 2.88. The molecule has 0 radical (unpaired) electrons. The van der Waals surface area contributed by atoms with Gasteiger partial charge in [0.1, 0.15) is 5.82 Å². The maximum atomic E-state index is 13.0. The first-order valence-electron chi connectivity index (χ1n) is 4.98. The molecule has 0 N–H and O–H groups in total. The third kappa shape index (κ3) is 2.59. The summed E-state index contributed by atoms with van der Waals surface area (Å²) in [6.07, 6.45) is 2.71. The SMILES string of the molecule is O=C(c1cnc(CBr)nc1)c1ccc(F)c(F)c1. The molecule has 0 saturated carbocycles. The van der Waals surface area contributed by atoms with Crippen LogP contribution in [0, 0.1) is 11.6 Å². The second-order valence-corrected chi connectivity index (χ2v) is 4.04. The zero-order chi connectivity index (χ0) is 13.1. The van der Waals surface area contributed by atoms with Crippen molar-refractivity contribution in [2.24, 2.45) is 0 Å². The maximum Gasteiger partial charge on any atom is 0.196 e. The highest BCUT2D eigenvalue weighted by molar-refractivity contribution is 9.08. The fourth-order valence-corrected chi connectivity index (χ4v) is 1.63. The van der Waals surface area contributed by atoms with Crippen LogP contribution in [0.3, 0.4) is 0 Å². The molecular formula is C12H7BrF2N2O.